The van der Waals surface area contributed by atoms with Crippen LogP contribution >= 0.6 is 11.6 Å². The molecule has 0 aliphatic carbocycles. The Morgan fingerprint density at radius 2 is 1.66 bits per heavy atom. The van der Waals surface area contributed by atoms with Crippen LogP contribution in [0.1, 0.15) is 28.4 Å². The second-order valence-electron chi connectivity index (χ2n) is 7.98. The maximum absolute atomic E-state index is 13.5. The van der Waals surface area contributed by atoms with E-state index < -0.39 is 0 Å². The van der Waals surface area contributed by atoms with Gasteiger partial charge in [-0.25, -0.2) is 4.79 Å². The number of urea groups is 1. The van der Waals surface area contributed by atoms with E-state index in [9.17, 15) is 4.79 Å². The van der Waals surface area contributed by atoms with E-state index in [-0.39, 0.29) is 12.1 Å². The van der Waals surface area contributed by atoms with E-state index >= 15 is 0 Å². The lowest BCUT2D eigenvalue weighted by Crippen LogP contribution is -2.42. The molecule has 0 radical (unpaired) electrons. The number of nitrogens with zero attached hydrogens (tertiary/aromatic N) is 2. The van der Waals surface area contributed by atoms with Gasteiger partial charge in [-0.05, 0) is 53.4 Å². The predicted molar refractivity (Wildman–Crippen MR) is 128 cm³/mol. The minimum absolute atomic E-state index is 0.0784. The number of nitrogens with one attached hydrogen (secondary N) is 1. The summed E-state index contributed by atoms with van der Waals surface area (Å²) in [5.74, 6) is 0. The van der Waals surface area contributed by atoms with Crippen LogP contribution in [0.5, 0.6) is 0 Å². The van der Waals surface area contributed by atoms with Crippen molar-refractivity contribution in [1.29, 1.82) is 0 Å². The molecule has 3 aromatic carbocycles. The Kier molecular flexibility index (Phi) is 5.70. The Bertz CT molecular complexity index is 1220. The van der Waals surface area contributed by atoms with Crippen LogP contribution in [0.15, 0.2) is 97.2 Å². The number of amides is 2. The minimum Gasteiger partial charge on any atom is -0.338 e. The van der Waals surface area contributed by atoms with Gasteiger partial charge in [0.05, 0.1) is 18.3 Å². The maximum atomic E-state index is 13.5. The zero-order valence-electron chi connectivity index (χ0n) is 17.6. The lowest BCUT2D eigenvalue weighted by atomic mass is 10.0. The number of carbonyl (C=O) groups excluding carboxylic acids is 1. The van der Waals surface area contributed by atoms with Gasteiger partial charge in [0.1, 0.15) is 0 Å². The van der Waals surface area contributed by atoms with Crippen LogP contribution in [0.3, 0.4) is 0 Å². The number of para-hydroxylation sites is 1. The van der Waals surface area contributed by atoms with Gasteiger partial charge in [0.2, 0.25) is 0 Å². The van der Waals surface area contributed by atoms with Crippen molar-refractivity contribution < 1.29 is 4.79 Å². The second kappa shape index (κ2) is 8.93. The molecule has 0 unspecified atom stereocenters. The molecule has 1 aliphatic heterocycles. The summed E-state index contributed by atoms with van der Waals surface area (Å²) in [4.78, 5) is 15.4. The number of halogens is 1. The fourth-order valence-electron chi connectivity index (χ4n) is 4.40. The fraction of sp³-hybridized carbons (Fsp3) is 0.148. The summed E-state index contributed by atoms with van der Waals surface area (Å²) in [6.07, 6.45) is 2.85. The Balaban J connectivity index is 1.49. The monoisotopic (exact) mass is 441 g/mol. The van der Waals surface area contributed by atoms with Crippen molar-refractivity contribution in [3.05, 3.63) is 125 Å². The van der Waals surface area contributed by atoms with Crippen LogP contribution in [-0.2, 0) is 13.0 Å². The molecule has 0 saturated carbocycles. The predicted octanol–water partition coefficient (Wildman–Crippen LogP) is 5.99. The van der Waals surface area contributed by atoms with Crippen molar-refractivity contribution in [3.8, 4) is 5.69 Å². The molecular formula is C27H24ClN3O. The highest BCUT2D eigenvalue weighted by atomic mass is 35.5. The van der Waals surface area contributed by atoms with Crippen LogP contribution in [-0.4, -0.2) is 22.0 Å². The van der Waals surface area contributed by atoms with Gasteiger partial charge in [-0.2, -0.15) is 0 Å². The zero-order valence-corrected chi connectivity index (χ0v) is 18.4. The molecule has 1 aromatic heterocycles. The van der Waals surface area contributed by atoms with Gasteiger partial charge < -0.3 is 14.8 Å². The first-order valence-corrected chi connectivity index (χ1v) is 11.2. The van der Waals surface area contributed by atoms with Gasteiger partial charge in [0.25, 0.3) is 0 Å². The summed E-state index contributed by atoms with van der Waals surface area (Å²) < 4.78 is 2.19. The average Bonchev–Trinajstić information content (AvgIpc) is 3.25. The normalized spacial score (nSPS) is 14.9. The summed E-state index contributed by atoms with van der Waals surface area (Å²) >= 11 is 6.16. The first-order chi connectivity index (χ1) is 15.7. The van der Waals surface area contributed by atoms with E-state index in [0.717, 1.165) is 28.9 Å². The number of hydrogen-bond donors (Lipinski definition) is 1. The van der Waals surface area contributed by atoms with E-state index in [4.69, 9.17) is 11.6 Å². The van der Waals surface area contributed by atoms with Crippen molar-refractivity contribution in [2.75, 3.05) is 6.54 Å². The first kappa shape index (κ1) is 20.4. The number of fused-ring (bicyclic) bond motifs is 3. The number of aromatic nitrogens is 1. The molecule has 5 rings (SSSR count). The van der Waals surface area contributed by atoms with E-state index in [1.54, 1.807) is 0 Å². The average molecular weight is 442 g/mol. The second-order valence-corrected chi connectivity index (χ2v) is 8.42. The molecule has 0 bridgehead atoms. The third-order valence-electron chi connectivity index (χ3n) is 5.94. The maximum Gasteiger partial charge on any atom is 0.318 e. The highest BCUT2D eigenvalue weighted by molar-refractivity contribution is 6.30. The van der Waals surface area contributed by atoms with E-state index in [1.807, 2.05) is 65.6 Å². The number of benzene rings is 3. The van der Waals surface area contributed by atoms with Crippen LogP contribution in [0.4, 0.5) is 4.79 Å². The van der Waals surface area contributed by atoms with Gasteiger partial charge in [-0.3, -0.25) is 0 Å². The van der Waals surface area contributed by atoms with E-state index in [1.165, 1.54) is 5.56 Å². The SMILES string of the molecule is O=C(NCCc1ccccc1)N1Cc2ccccc2-n2cccc2[C@H]1c1ccc(Cl)cc1. The van der Waals surface area contributed by atoms with Crippen LogP contribution in [0.25, 0.3) is 5.69 Å². The molecule has 1 aliphatic rings. The third kappa shape index (κ3) is 4.02. The summed E-state index contributed by atoms with van der Waals surface area (Å²) in [5.41, 5.74) is 5.50. The van der Waals surface area contributed by atoms with Crippen molar-refractivity contribution in [2.45, 2.75) is 19.0 Å². The first-order valence-electron chi connectivity index (χ1n) is 10.8. The molecule has 1 N–H and O–H groups in total. The molecule has 4 nitrogen and oxygen atoms in total. The van der Waals surface area contributed by atoms with Crippen LogP contribution in [0.2, 0.25) is 5.02 Å². The number of rotatable bonds is 4. The summed E-state index contributed by atoms with van der Waals surface area (Å²) in [5, 5.41) is 3.83. The Morgan fingerprint density at radius 3 is 2.47 bits per heavy atom. The van der Waals surface area contributed by atoms with E-state index in [2.05, 4.69) is 46.4 Å². The Morgan fingerprint density at radius 1 is 0.906 bits per heavy atom. The molecule has 0 fully saturated rings. The number of carbonyl (C=O) groups is 1. The van der Waals surface area contributed by atoms with Gasteiger partial charge in [-0.15, -0.1) is 0 Å². The van der Waals surface area contributed by atoms with E-state index in [0.29, 0.717) is 18.1 Å². The third-order valence-corrected chi connectivity index (χ3v) is 6.20. The van der Waals surface area contributed by atoms with Gasteiger partial charge in [-0.1, -0.05) is 72.3 Å². The molecule has 1 atom stereocenters. The molecule has 5 heteroatoms. The summed E-state index contributed by atoms with van der Waals surface area (Å²) in [6, 6.07) is 30.1. The lowest BCUT2D eigenvalue weighted by Gasteiger charge is -2.31. The highest BCUT2D eigenvalue weighted by Crippen LogP contribution is 2.36. The van der Waals surface area contributed by atoms with Crippen LogP contribution < -0.4 is 5.32 Å². The topological polar surface area (TPSA) is 37.3 Å². The molecule has 2 heterocycles. The Labute approximate surface area is 193 Å². The molecule has 160 valence electrons. The van der Waals surface area contributed by atoms with Gasteiger partial charge in [0.15, 0.2) is 0 Å². The van der Waals surface area contributed by atoms with Gasteiger partial charge in [0, 0.05) is 23.5 Å². The van der Waals surface area contributed by atoms with Crippen molar-refractivity contribution in [1.82, 2.24) is 14.8 Å². The van der Waals surface area contributed by atoms with Gasteiger partial charge >= 0.3 is 6.03 Å². The van der Waals surface area contributed by atoms with Crippen molar-refractivity contribution in [2.24, 2.45) is 0 Å². The largest absolute Gasteiger partial charge is 0.338 e. The quantitative estimate of drug-likeness (QED) is 0.415. The molecule has 2 amide bonds. The number of hydrogen-bond acceptors (Lipinski definition) is 1. The minimum atomic E-state index is -0.230. The van der Waals surface area contributed by atoms with Crippen molar-refractivity contribution >= 4 is 17.6 Å². The lowest BCUT2D eigenvalue weighted by molar-refractivity contribution is 0.181. The van der Waals surface area contributed by atoms with Crippen LogP contribution in [0, 0.1) is 0 Å². The zero-order chi connectivity index (χ0) is 21.9. The molecule has 4 aromatic rings. The molecular weight excluding hydrogens is 418 g/mol. The molecule has 0 saturated heterocycles. The fourth-order valence-corrected chi connectivity index (χ4v) is 4.52. The standard InChI is InChI=1S/C27H24ClN3O/c28-23-14-12-21(13-15-23)26-25-11-6-18-30(25)24-10-5-4-9-22(24)19-31(26)27(32)29-17-16-20-7-2-1-3-8-20/h1-15,18,26H,16-17,19H2,(H,29,32)/t26-/m1/s1. The smallest absolute Gasteiger partial charge is 0.318 e. The molecule has 32 heavy (non-hydrogen) atoms. The summed E-state index contributed by atoms with van der Waals surface area (Å²) in [6.45, 7) is 1.09. The highest BCUT2D eigenvalue weighted by Gasteiger charge is 2.32. The van der Waals surface area contributed by atoms with Crippen molar-refractivity contribution in [3.63, 3.8) is 0 Å². The molecule has 0 spiro atoms. The summed E-state index contributed by atoms with van der Waals surface area (Å²) in [7, 11) is 0. The Hall–Kier alpha value is -3.50.